The summed E-state index contributed by atoms with van der Waals surface area (Å²) in [4.78, 5) is 43.2. The third-order valence-electron chi connectivity index (χ3n) is 5.88. The van der Waals surface area contributed by atoms with Crippen LogP contribution in [0.5, 0.6) is 6.01 Å². The van der Waals surface area contributed by atoms with Crippen LogP contribution in [0.3, 0.4) is 0 Å². The highest BCUT2D eigenvalue weighted by molar-refractivity contribution is 5.91. The lowest BCUT2D eigenvalue weighted by Crippen LogP contribution is -2.35. The van der Waals surface area contributed by atoms with E-state index in [4.69, 9.17) is 15.7 Å². The van der Waals surface area contributed by atoms with E-state index < -0.39 is 11.8 Å². The third kappa shape index (κ3) is 5.34. The molecule has 0 aromatic carbocycles. The molecule has 3 heterocycles. The number of ether oxygens (including phenoxy) is 1. The highest BCUT2D eigenvalue weighted by atomic mass is 16.5. The van der Waals surface area contributed by atoms with Crippen molar-refractivity contribution in [3.05, 3.63) is 35.4 Å². The predicted molar refractivity (Wildman–Crippen MR) is 117 cm³/mol. The summed E-state index contributed by atoms with van der Waals surface area (Å²) in [5.41, 5.74) is 6.45. The number of rotatable bonds is 8. The molecule has 2 atom stereocenters. The number of nitriles is 1. The fourth-order valence-electron chi connectivity index (χ4n) is 3.86. The Labute approximate surface area is 191 Å². The van der Waals surface area contributed by atoms with E-state index in [0.717, 1.165) is 25.0 Å². The van der Waals surface area contributed by atoms with Crippen molar-refractivity contribution in [1.29, 1.82) is 5.26 Å². The van der Waals surface area contributed by atoms with Gasteiger partial charge in [0.05, 0.1) is 18.6 Å². The van der Waals surface area contributed by atoms with Crippen molar-refractivity contribution in [3.63, 3.8) is 0 Å². The fourth-order valence-corrected chi connectivity index (χ4v) is 3.86. The van der Waals surface area contributed by atoms with Crippen LogP contribution >= 0.6 is 0 Å². The molecule has 0 spiro atoms. The van der Waals surface area contributed by atoms with Crippen LogP contribution in [0, 0.1) is 23.2 Å². The Balaban J connectivity index is 1.47. The molecule has 1 aliphatic carbocycles. The van der Waals surface area contributed by atoms with Crippen LogP contribution in [-0.2, 0) is 0 Å². The number of piperidine rings is 1. The molecular weight excluding hydrogens is 424 g/mol. The number of carbonyl (C=O) groups excluding carboxylic acids is 2. The van der Waals surface area contributed by atoms with Crippen LogP contribution in [0.2, 0.25) is 0 Å². The maximum Gasteiger partial charge on any atom is 0.321 e. The van der Waals surface area contributed by atoms with Gasteiger partial charge in [-0.3, -0.25) is 9.59 Å². The molecule has 0 bridgehead atoms. The second-order valence-electron chi connectivity index (χ2n) is 8.22. The molecule has 1 aliphatic heterocycles. The number of nitrogens with zero attached hydrogens (tertiary/aromatic N) is 6. The second kappa shape index (κ2) is 9.77. The van der Waals surface area contributed by atoms with Crippen molar-refractivity contribution in [2.75, 3.05) is 31.1 Å². The Kier molecular flexibility index (Phi) is 6.63. The van der Waals surface area contributed by atoms with Gasteiger partial charge in [0, 0.05) is 37.2 Å². The molecule has 4 rings (SSSR count). The molecule has 11 nitrogen and oxygen atoms in total. The first-order valence-corrected chi connectivity index (χ1v) is 11.1. The predicted octanol–water partition coefficient (Wildman–Crippen LogP) is 1.04. The number of hydrogen-bond donors (Lipinski definition) is 2. The lowest BCUT2D eigenvalue weighted by atomic mass is 9.93. The van der Waals surface area contributed by atoms with Crippen molar-refractivity contribution in [3.8, 4) is 12.1 Å². The molecule has 1 saturated heterocycles. The standard InChI is InChI=1S/C22H26N8O3/c1-2-25-20(32)19-27-21(29-22(28-19)33-12-15-10-14(15)11-23)30-8-6-13(7-9-30)16-4-3-5-17(26-16)18(24)31/h3-5,13-15H,2,6-10,12H2,1H3,(H2,24,31)(H,25,32)/t14-,15+/m0/s1. The zero-order valence-electron chi connectivity index (χ0n) is 18.4. The van der Waals surface area contributed by atoms with Gasteiger partial charge in [0.25, 0.3) is 11.8 Å². The number of carbonyl (C=O) groups is 2. The average Bonchev–Trinajstić information content (AvgIpc) is 3.61. The number of nitrogens with two attached hydrogens (primary N) is 1. The lowest BCUT2D eigenvalue weighted by Gasteiger charge is -2.31. The van der Waals surface area contributed by atoms with Gasteiger partial charge in [-0.05, 0) is 38.3 Å². The molecule has 2 aromatic heterocycles. The van der Waals surface area contributed by atoms with Crippen molar-refractivity contribution in [2.45, 2.75) is 32.1 Å². The summed E-state index contributed by atoms with van der Waals surface area (Å²) in [6.07, 6.45) is 2.36. The van der Waals surface area contributed by atoms with Crippen LogP contribution in [0.25, 0.3) is 0 Å². The van der Waals surface area contributed by atoms with Crippen LogP contribution < -0.4 is 20.7 Å². The first-order valence-electron chi connectivity index (χ1n) is 11.1. The summed E-state index contributed by atoms with van der Waals surface area (Å²) in [6, 6.07) is 7.61. The molecule has 0 radical (unpaired) electrons. The molecule has 1 saturated carbocycles. The minimum atomic E-state index is -0.544. The molecule has 172 valence electrons. The van der Waals surface area contributed by atoms with Crippen LogP contribution in [0.1, 0.15) is 58.9 Å². The average molecular weight is 451 g/mol. The minimum absolute atomic E-state index is 0.00225. The number of pyridine rings is 1. The monoisotopic (exact) mass is 450 g/mol. The van der Waals surface area contributed by atoms with Gasteiger partial charge in [-0.1, -0.05) is 6.07 Å². The first kappa shape index (κ1) is 22.4. The van der Waals surface area contributed by atoms with E-state index >= 15 is 0 Å². The zero-order chi connectivity index (χ0) is 23.4. The molecule has 11 heteroatoms. The van der Waals surface area contributed by atoms with Gasteiger partial charge in [0.2, 0.25) is 11.8 Å². The Morgan fingerprint density at radius 1 is 1.24 bits per heavy atom. The summed E-state index contributed by atoms with van der Waals surface area (Å²) in [7, 11) is 0. The third-order valence-corrected chi connectivity index (χ3v) is 5.88. The first-order chi connectivity index (χ1) is 16.0. The Hall–Kier alpha value is -3.81. The summed E-state index contributed by atoms with van der Waals surface area (Å²) < 4.78 is 5.71. The second-order valence-corrected chi connectivity index (χ2v) is 8.22. The van der Waals surface area contributed by atoms with Gasteiger partial charge in [0.15, 0.2) is 0 Å². The molecule has 2 aliphatic rings. The number of primary amides is 1. The van der Waals surface area contributed by atoms with E-state index in [1.807, 2.05) is 17.9 Å². The number of nitrogens with one attached hydrogen (secondary N) is 1. The minimum Gasteiger partial charge on any atom is -0.463 e. The zero-order valence-corrected chi connectivity index (χ0v) is 18.4. The van der Waals surface area contributed by atoms with E-state index in [9.17, 15) is 9.59 Å². The maximum absolute atomic E-state index is 12.4. The van der Waals surface area contributed by atoms with Gasteiger partial charge in [-0.25, -0.2) is 4.98 Å². The normalized spacial score (nSPS) is 20.1. The van der Waals surface area contributed by atoms with Crippen molar-refractivity contribution in [2.24, 2.45) is 17.6 Å². The Bertz CT molecular complexity index is 1080. The van der Waals surface area contributed by atoms with E-state index in [2.05, 4.69) is 31.3 Å². The lowest BCUT2D eigenvalue weighted by molar-refractivity contribution is 0.0942. The molecule has 33 heavy (non-hydrogen) atoms. The molecule has 2 amide bonds. The Morgan fingerprint density at radius 3 is 2.70 bits per heavy atom. The van der Waals surface area contributed by atoms with Crippen molar-refractivity contribution in [1.82, 2.24) is 25.3 Å². The highest BCUT2D eigenvalue weighted by Crippen LogP contribution is 2.37. The SMILES string of the molecule is CCNC(=O)c1nc(OC[C@H]2C[C@H]2C#N)nc(N2CCC(c3cccc(C(N)=O)n3)CC2)n1. The summed E-state index contributed by atoms with van der Waals surface area (Å²) >= 11 is 0. The molecule has 3 N–H and O–H groups in total. The van der Waals surface area contributed by atoms with E-state index in [-0.39, 0.29) is 35.3 Å². The largest absolute Gasteiger partial charge is 0.463 e. The number of aromatic nitrogens is 4. The van der Waals surface area contributed by atoms with Crippen molar-refractivity contribution < 1.29 is 14.3 Å². The molecule has 2 fully saturated rings. The van der Waals surface area contributed by atoms with E-state index in [0.29, 0.717) is 32.2 Å². The Morgan fingerprint density at radius 2 is 2.03 bits per heavy atom. The van der Waals surface area contributed by atoms with Gasteiger partial charge >= 0.3 is 6.01 Å². The van der Waals surface area contributed by atoms with E-state index in [1.165, 1.54) is 0 Å². The van der Waals surface area contributed by atoms with E-state index in [1.54, 1.807) is 12.1 Å². The summed E-state index contributed by atoms with van der Waals surface area (Å²) in [6.45, 7) is 3.89. The smallest absolute Gasteiger partial charge is 0.321 e. The highest BCUT2D eigenvalue weighted by Gasteiger charge is 2.38. The fraction of sp³-hybridized carbons (Fsp3) is 0.500. The van der Waals surface area contributed by atoms with Crippen molar-refractivity contribution >= 4 is 17.8 Å². The quantitative estimate of drug-likeness (QED) is 0.599. The summed E-state index contributed by atoms with van der Waals surface area (Å²) in [5, 5.41) is 11.7. The topological polar surface area (TPSA) is 160 Å². The van der Waals surface area contributed by atoms with Gasteiger partial charge in [0.1, 0.15) is 5.69 Å². The number of amides is 2. The number of hydrogen-bond acceptors (Lipinski definition) is 9. The van der Waals surface area contributed by atoms with Gasteiger partial charge in [-0.15, -0.1) is 0 Å². The van der Waals surface area contributed by atoms with Gasteiger partial charge < -0.3 is 20.7 Å². The maximum atomic E-state index is 12.4. The number of anilines is 1. The van der Waals surface area contributed by atoms with Crippen LogP contribution in [0.4, 0.5) is 5.95 Å². The van der Waals surface area contributed by atoms with Gasteiger partial charge in [-0.2, -0.15) is 20.2 Å². The van der Waals surface area contributed by atoms with Crippen LogP contribution in [0.15, 0.2) is 18.2 Å². The molecule has 0 unspecified atom stereocenters. The summed E-state index contributed by atoms with van der Waals surface area (Å²) in [5.74, 6) is -0.198. The van der Waals surface area contributed by atoms with Crippen LogP contribution in [-0.4, -0.2) is 58.0 Å². The molecular formula is C22H26N8O3. The molecule has 2 aromatic rings.